The molecule has 0 aliphatic heterocycles. The number of esters is 1. The number of thiazole rings is 1. The maximum atomic E-state index is 11.9. The number of thioether (sulfide) groups is 1. The number of hydrogen-bond acceptors (Lipinski definition) is 6. The Labute approximate surface area is 143 Å². The number of methoxy groups -OCH3 is 1. The molecule has 0 atom stereocenters. The molecule has 0 unspecified atom stereocenters. The highest BCUT2D eigenvalue weighted by Crippen LogP contribution is 2.22. The molecular weight excluding hydrogens is 332 g/mol. The maximum Gasteiger partial charge on any atom is 0.337 e. The van der Waals surface area contributed by atoms with Crippen molar-refractivity contribution in [3.8, 4) is 0 Å². The lowest BCUT2D eigenvalue weighted by Crippen LogP contribution is -2.24. The van der Waals surface area contributed by atoms with E-state index in [1.807, 2.05) is 5.38 Å². The van der Waals surface area contributed by atoms with Gasteiger partial charge in [-0.1, -0.05) is 30.8 Å². The molecule has 0 saturated heterocycles. The first-order valence-electron chi connectivity index (χ1n) is 7.13. The molecule has 0 fully saturated rings. The maximum absolute atomic E-state index is 11.9. The largest absolute Gasteiger partial charge is 0.465 e. The molecule has 1 aromatic carbocycles. The van der Waals surface area contributed by atoms with Gasteiger partial charge in [0, 0.05) is 11.9 Å². The van der Waals surface area contributed by atoms with E-state index in [0.717, 1.165) is 21.3 Å². The highest BCUT2D eigenvalue weighted by atomic mass is 32.2. The van der Waals surface area contributed by atoms with Gasteiger partial charge in [-0.25, -0.2) is 9.78 Å². The molecule has 0 bridgehead atoms. The lowest BCUT2D eigenvalue weighted by molar-refractivity contribution is -0.120. The topological polar surface area (TPSA) is 68.3 Å². The van der Waals surface area contributed by atoms with E-state index in [0.29, 0.717) is 12.1 Å². The number of amides is 1. The van der Waals surface area contributed by atoms with Crippen molar-refractivity contribution in [1.29, 1.82) is 0 Å². The number of carbonyl (C=O) groups excluding carboxylic acids is 2. The predicted octanol–water partition coefficient (Wildman–Crippen LogP) is 2.90. The quantitative estimate of drug-likeness (QED) is 0.614. The van der Waals surface area contributed by atoms with Gasteiger partial charge in [-0.2, -0.15) is 0 Å². The van der Waals surface area contributed by atoms with E-state index in [1.54, 1.807) is 47.4 Å². The van der Waals surface area contributed by atoms with Crippen molar-refractivity contribution >= 4 is 35.0 Å². The summed E-state index contributed by atoms with van der Waals surface area (Å²) in [7, 11) is 1.35. The van der Waals surface area contributed by atoms with E-state index in [4.69, 9.17) is 0 Å². The number of rotatable bonds is 7. The van der Waals surface area contributed by atoms with Crippen molar-refractivity contribution in [2.75, 3.05) is 12.9 Å². The Balaban J connectivity index is 1.82. The molecule has 1 N–H and O–H groups in total. The van der Waals surface area contributed by atoms with Crippen LogP contribution in [-0.2, 0) is 22.5 Å². The van der Waals surface area contributed by atoms with E-state index < -0.39 is 0 Å². The highest BCUT2D eigenvalue weighted by molar-refractivity contribution is 8.00. The number of ether oxygens (including phenoxy) is 1. The first kappa shape index (κ1) is 17.5. The molecule has 0 saturated carbocycles. The SMILES string of the molecule is CCSc1nc(CC(=O)NCc2ccc(C(=O)OC)cc2)cs1. The summed E-state index contributed by atoms with van der Waals surface area (Å²) >= 11 is 3.24. The van der Waals surface area contributed by atoms with E-state index in [9.17, 15) is 9.59 Å². The molecule has 1 amide bonds. The Morgan fingerprint density at radius 3 is 2.70 bits per heavy atom. The standard InChI is InChI=1S/C16H18N2O3S2/c1-3-22-16-18-13(10-23-16)8-14(19)17-9-11-4-6-12(7-5-11)15(20)21-2/h4-7,10H,3,8-9H2,1-2H3,(H,17,19). The van der Waals surface area contributed by atoms with Crippen molar-refractivity contribution in [3.63, 3.8) is 0 Å². The number of benzene rings is 1. The molecule has 7 heteroatoms. The summed E-state index contributed by atoms with van der Waals surface area (Å²) in [5, 5.41) is 4.77. The van der Waals surface area contributed by atoms with Crippen LogP contribution in [0.15, 0.2) is 34.0 Å². The summed E-state index contributed by atoms with van der Waals surface area (Å²) < 4.78 is 5.64. The van der Waals surface area contributed by atoms with E-state index in [-0.39, 0.29) is 18.3 Å². The number of hydrogen-bond donors (Lipinski definition) is 1. The van der Waals surface area contributed by atoms with Gasteiger partial charge in [0.25, 0.3) is 0 Å². The first-order chi connectivity index (χ1) is 11.1. The molecule has 0 aliphatic carbocycles. The summed E-state index contributed by atoms with van der Waals surface area (Å²) in [6, 6.07) is 6.96. The number of carbonyl (C=O) groups is 2. The smallest absolute Gasteiger partial charge is 0.337 e. The third kappa shape index (κ3) is 5.37. The summed E-state index contributed by atoms with van der Waals surface area (Å²) in [6.45, 7) is 2.49. The molecule has 122 valence electrons. The second-order valence-electron chi connectivity index (χ2n) is 4.68. The summed E-state index contributed by atoms with van der Waals surface area (Å²) in [6.07, 6.45) is 0.279. The van der Waals surface area contributed by atoms with Crippen molar-refractivity contribution in [1.82, 2.24) is 10.3 Å². The fourth-order valence-corrected chi connectivity index (χ4v) is 3.61. The average molecular weight is 350 g/mol. The molecule has 0 aliphatic rings. The van der Waals surface area contributed by atoms with Gasteiger partial charge in [0.2, 0.25) is 5.91 Å². The molecular formula is C16H18N2O3S2. The second-order valence-corrected chi connectivity index (χ2v) is 7.05. The monoisotopic (exact) mass is 350 g/mol. The van der Waals surface area contributed by atoms with Crippen molar-refractivity contribution in [3.05, 3.63) is 46.5 Å². The highest BCUT2D eigenvalue weighted by Gasteiger charge is 2.08. The van der Waals surface area contributed by atoms with Crippen LogP contribution in [0.1, 0.15) is 28.5 Å². The fourth-order valence-electron chi connectivity index (χ4n) is 1.86. The second kappa shape index (κ2) is 8.69. The van der Waals surface area contributed by atoms with Gasteiger partial charge < -0.3 is 10.1 Å². The normalized spacial score (nSPS) is 10.3. The summed E-state index contributed by atoms with van der Waals surface area (Å²) in [5.41, 5.74) is 2.21. The Morgan fingerprint density at radius 2 is 2.04 bits per heavy atom. The minimum absolute atomic E-state index is 0.0691. The number of nitrogens with zero attached hydrogens (tertiary/aromatic N) is 1. The lowest BCUT2D eigenvalue weighted by atomic mass is 10.1. The predicted molar refractivity (Wildman–Crippen MR) is 91.8 cm³/mol. The van der Waals surface area contributed by atoms with Gasteiger partial charge in [0.15, 0.2) is 0 Å². The van der Waals surface area contributed by atoms with Gasteiger partial charge >= 0.3 is 5.97 Å². The van der Waals surface area contributed by atoms with Crippen LogP contribution in [0.25, 0.3) is 0 Å². The van der Waals surface area contributed by atoms with E-state index in [1.165, 1.54) is 7.11 Å². The third-order valence-electron chi connectivity index (χ3n) is 3.00. The van der Waals surface area contributed by atoms with Gasteiger partial charge in [-0.05, 0) is 23.4 Å². The Bertz CT molecular complexity index is 668. The molecule has 1 aromatic heterocycles. The third-order valence-corrected chi connectivity index (χ3v) is 4.96. The van der Waals surface area contributed by atoms with E-state index in [2.05, 4.69) is 22.0 Å². The van der Waals surface area contributed by atoms with Crippen LogP contribution in [0.3, 0.4) is 0 Å². The van der Waals surface area contributed by atoms with Crippen LogP contribution in [0.4, 0.5) is 0 Å². The Kier molecular flexibility index (Phi) is 6.61. The fraction of sp³-hybridized carbons (Fsp3) is 0.312. The molecule has 5 nitrogen and oxygen atoms in total. The number of nitrogens with one attached hydrogen (secondary N) is 1. The van der Waals surface area contributed by atoms with Gasteiger partial charge in [-0.3, -0.25) is 4.79 Å². The summed E-state index contributed by atoms with van der Waals surface area (Å²) in [4.78, 5) is 27.7. The van der Waals surface area contributed by atoms with Gasteiger partial charge in [-0.15, -0.1) is 11.3 Å². The average Bonchev–Trinajstić information content (AvgIpc) is 3.00. The van der Waals surface area contributed by atoms with Crippen LogP contribution in [-0.4, -0.2) is 29.7 Å². The zero-order chi connectivity index (χ0) is 16.7. The zero-order valence-electron chi connectivity index (χ0n) is 13.0. The minimum Gasteiger partial charge on any atom is -0.465 e. The van der Waals surface area contributed by atoms with Crippen LogP contribution >= 0.6 is 23.1 Å². The molecule has 23 heavy (non-hydrogen) atoms. The zero-order valence-corrected chi connectivity index (χ0v) is 14.6. The first-order valence-corrected chi connectivity index (χ1v) is 9.00. The Hall–Kier alpha value is -1.86. The molecule has 1 heterocycles. The minimum atomic E-state index is -0.370. The molecule has 2 rings (SSSR count). The van der Waals surface area contributed by atoms with Crippen LogP contribution < -0.4 is 5.32 Å². The van der Waals surface area contributed by atoms with Gasteiger partial charge in [0.1, 0.15) is 4.34 Å². The van der Waals surface area contributed by atoms with Crippen molar-refractivity contribution in [2.24, 2.45) is 0 Å². The molecule has 0 spiro atoms. The lowest BCUT2D eigenvalue weighted by Gasteiger charge is -2.05. The van der Waals surface area contributed by atoms with Crippen molar-refractivity contribution < 1.29 is 14.3 Å². The van der Waals surface area contributed by atoms with Crippen LogP contribution in [0.2, 0.25) is 0 Å². The van der Waals surface area contributed by atoms with Gasteiger partial charge in [0.05, 0.1) is 24.8 Å². The van der Waals surface area contributed by atoms with Crippen LogP contribution in [0.5, 0.6) is 0 Å². The van der Waals surface area contributed by atoms with Crippen LogP contribution in [0, 0.1) is 0 Å². The van der Waals surface area contributed by atoms with Crippen molar-refractivity contribution in [2.45, 2.75) is 24.2 Å². The molecule has 0 radical (unpaired) electrons. The number of aromatic nitrogens is 1. The Morgan fingerprint density at radius 1 is 1.30 bits per heavy atom. The van der Waals surface area contributed by atoms with E-state index >= 15 is 0 Å². The molecule has 2 aromatic rings. The summed E-state index contributed by atoms with van der Waals surface area (Å²) in [5.74, 6) is 0.533.